The molecule has 7 heteroatoms. The first-order valence-corrected chi connectivity index (χ1v) is 10.0. The molecule has 0 spiro atoms. The van der Waals surface area contributed by atoms with Crippen molar-refractivity contribution in [3.05, 3.63) is 65.2 Å². The highest BCUT2D eigenvalue weighted by molar-refractivity contribution is 6.05. The van der Waals surface area contributed by atoms with Gasteiger partial charge in [0.1, 0.15) is 6.04 Å². The van der Waals surface area contributed by atoms with Gasteiger partial charge in [-0.05, 0) is 42.2 Å². The highest BCUT2D eigenvalue weighted by Crippen LogP contribution is 2.28. The van der Waals surface area contributed by atoms with Crippen molar-refractivity contribution in [2.24, 2.45) is 0 Å². The van der Waals surface area contributed by atoms with Gasteiger partial charge in [0.05, 0.1) is 0 Å². The number of para-hydroxylation sites is 1. The number of hydrogen-bond donors (Lipinski definition) is 1. The van der Waals surface area contributed by atoms with Crippen molar-refractivity contribution < 1.29 is 19.2 Å². The number of aryl methyl sites for hydroxylation is 1. The zero-order chi connectivity index (χ0) is 21.3. The molecule has 0 saturated carbocycles. The van der Waals surface area contributed by atoms with Gasteiger partial charge in [0.25, 0.3) is 5.91 Å². The Balaban J connectivity index is 1.41. The number of carbonyl (C=O) groups excluding carboxylic acids is 4. The molecular formula is C23H23N3O4. The van der Waals surface area contributed by atoms with E-state index < -0.39 is 11.9 Å². The predicted octanol–water partition coefficient (Wildman–Crippen LogP) is 2.04. The SMILES string of the molecule is CN(C(=O)CCc1ccc2c(c1)CN(C1CCC(=O)NC1=O)C2=O)c1ccccc1. The highest BCUT2D eigenvalue weighted by Gasteiger charge is 2.39. The quantitative estimate of drug-likeness (QED) is 0.772. The summed E-state index contributed by atoms with van der Waals surface area (Å²) in [5.41, 5.74) is 3.26. The number of amides is 4. The Labute approximate surface area is 174 Å². The molecule has 4 amide bonds. The van der Waals surface area contributed by atoms with E-state index in [9.17, 15) is 19.2 Å². The van der Waals surface area contributed by atoms with E-state index in [2.05, 4.69) is 5.32 Å². The summed E-state index contributed by atoms with van der Waals surface area (Å²) >= 11 is 0. The number of hydrogen-bond acceptors (Lipinski definition) is 4. The summed E-state index contributed by atoms with van der Waals surface area (Å²) in [6, 6.07) is 14.4. The zero-order valence-electron chi connectivity index (χ0n) is 16.8. The molecule has 1 atom stereocenters. The summed E-state index contributed by atoms with van der Waals surface area (Å²) in [5.74, 6) is -0.885. The molecule has 2 aromatic carbocycles. The Bertz CT molecular complexity index is 1020. The number of rotatable bonds is 5. The second-order valence-electron chi connectivity index (χ2n) is 7.68. The van der Waals surface area contributed by atoms with Crippen LogP contribution in [0.5, 0.6) is 0 Å². The van der Waals surface area contributed by atoms with E-state index in [0.717, 1.165) is 16.8 Å². The molecule has 4 rings (SSSR count). The number of benzene rings is 2. The third-order valence-electron chi connectivity index (χ3n) is 5.73. The molecule has 1 fully saturated rings. The van der Waals surface area contributed by atoms with E-state index in [0.29, 0.717) is 31.4 Å². The standard InChI is InChI=1S/C23H23N3O4/c1-25(17-5-3-2-4-6-17)21(28)12-8-15-7-9-18-16(13-15)14-26(23(18)30)19-10-11-20(27)24-22(19)29/h2-7,9,13,19H,8,10-12,14H2,1H3,(H,24,27,29). The number of nitrogens with one attached hydrogen (secondary N) is 1. The molecule has 1 N–H and O–H groups in total. The fourth-order valence-electron chi connectivity index (χ4n) is 4.00. The van der Waals surface area contributed by atoms with Crippen LogP contribution in [0.1, 0.15) is 40.7 Å². The lowest BCUT2D eigenvalue weighted by Crippen LogP contribution is -2.52. The number of carbonyl (C=O) groups is 4. The van der Waals surface area contributed by atoms with E-state index >= 15 is 0 Å². The summed E-state index contributed by atoms with van der Waals surface area (Å²) in [4.78, 5) is 52.0. The second kappa shape index (κ2) is 8.10. The maximum absolute atomic E-state index is 12.7. The van der Waals surface area contributed by atoms with E-state index in [4.69, 9.17) is 0 Å². The van der Waals surface area contributed by atoms with Crippen molar-refractivity contribution in [3.8, 4) is 0 Å². The molecule has 0 radical (unpaired) electrons. The average molecular weight is 405 g/mol. The fourth-order valence-corrected chi connectivity index (χ4v) is 4.00. The molecule has 2 aromatic rings. The number of fused-ring (bicyclic) bond motifs is 1. The van der Waals surface area contributed by atoms with E-state index in [1.165, 1.54) is 4.90 Å². The molecule has 0 aliphatic carbocycles. The Kier molecular flexibility index (Phi) is 5.35. The van der Waals surface area contributed by atoms with Crippen LogP contribution in [0.4, 0.5) is 5.69 Å². The second-order valence-corrected chi connectivity index (χ2v) is 7.68. The van der Waals surface area contributed by atoms with Crippen LogP contribution in [0.2, 0.25) is 0 Å². The molecule has 154 valence electrons. The largest absolute Gasteiger partial charge is 0.322 e. The van der Waals surface area contributed by atoms with E-state index in [1.807, 2.05) is 42.5 Å². The molecule has 2 aliphatic rings. The Morgan fingerprint density at radius 1 is 1.13 bits per heavy atom. The van der Waals surface area contributed by atoms with Crippen LogP contribution >= 0.6 is 0 Å². The topological polar surface area (TPSA) is 86.8 Å². The smallest absolute Gasteiger partial charge is 0.255 e. The number of imide groups is 1. The minimum absolute atomic E-state index is 0.0166. The summed E-state index contributed by atoms with van der Waals surface area (Å²) in [6.07, 6.45) is 1.50. The predicted molar refractivity (Wildman–Crippen MR) is 111 cm³/mol. The molecular weight excluding hydrogens is 382 g/mol. The lowest BCUT2D eigenvalue weighted by atomic mass is 10.0. The van der Waals surface area contributed by atoms with Crippen LogP contribution in [0.3, 0.4) is 0 Å². The summed E-state index contributed by atoms with van der Waals surface area (Å²) in [6.45, 7) is 0.339. The number of piperidine rings is 1. The van der Waals surface area contributed by atoms with Gasteiger partial charge >= 0.3 is 0 Å². The van der Waals surface area contributed by atoms with Crippen molar-refractivity contribution in [1.29, 1.82) is 0 Å². The summed E-state index contributed by atoms with van der Waals surface area (Å²) in [5, 5.41) is 2.31. The first-order valence-electron chi connectivity index (χ1n) is 10.0. The molecule has 7 nitrogen and oxygen atoms in total. The summed E-state index contributed by atoms with van der Waals surface area (Å²) < 4.78 is 0. The van der Waals surface area contributed by atoms with Crippen LogP contribution in [-0.2, 0) is 27.3 Å². The lowest BCUT2D eigenvalue weighted by Gasteiger charge is -2.29. The third kappa shape index (κ3) is 3.83. The zero-order valence-corrected chi connectivity index (χ0v) is 16.8. The molecule has 2 heterocycles. The van der Waals surface area contributed by atoms with Gasteiger partial charge in [-0.15, -0.1) is 0 Å². The van der Waals surface area contributed by atoms with Gasteiger partial charge in [0.15, 0.2) is 0 Å². The van der Waals surface area contributed by atoms with Crippen molar-refractivity contribution in [3.63, 3.8) is 0 Å². The molecule has 30 heavy (non-hydrogen) atoms. The van der Waals surface area contributed by atoms with Gasteiger partial charge in [-0.25, -0.2) is 0 Å². The Morgan fingerprint density at radius 2 is 1.90 bits per heavy atom. The van der Waals surface area contributed by atoms with Gasteiger partial charge in [-0.1, -0.05) is 30.3 Å². The lowest BCUT2D eigenvalue weighted by molar-refractivity contribution is -0.137. The molecule has 1 unspecified atom stereocenters. The van der Waals surface area contributed by atoms with Crippen molar-refractivity contribution in [1.82, 2.24) is 10.2 Å². The van der Waals surface area contributed by atoms with Crippen LogP contribution in [0.15, 0.2) is 48.5 Å². The van der Waals surface area contributed by atoms with E-state index in [-0.39, 0.29) is 24.1 Å². The minimum Gasteiger partial charge on any atom is -0.322 e. The van der Waals surface area contributed by atoms with Gasteiger partial charge in [0, 0.05) is 37.7 Å². The maximum Gasteiger partial charge on any atom is 0.255 e. The molecule has 0 aromatic heterocycles. The third-order valence-corrected chi connectivity index (χ3v) is 5.73. The first-order chi connectivity index (χ1) is 14.4. The first kappa shape index (κ1) is 19.8. The van der Waals surface area contributed by atoms with Crippen LogP contribution in [0, 0.1) is 0 Å². The molecule has 0 bridgehead atoms. The van der Waals surface area contributed by atoms with E-state index in [1.54, 1.807) is 18.0 Å². The highest BCUT2D eigenvalue weighted by atomic mass is 16.2. The fraction of sp³-hybridized carbons (Fsp3) is 0.304. The Morgan fingerprint density at radius 3 is 2.63 bits per heavy atom. The van der Waals surface area contributed by atoms with Crippen LogP contribution in [0.25, 0.3) is 0 Å². The number of nitrogens with zero attached hydrogens (tertiary/aromatic N) is 2. The van der Waals surface area contributed by atoms with Crippen molar-refractivity contribution in [2.75, 3.05) is 11.9 Å². The molecule has 1 saturated heterocycles. The monoisotopic (exact) mass is 405 g/mol. The van der Waals surface area contributed by atoms with Gasteiger partial charge in [-0.2, -0.15) is 0 Å². The summed E-state index contributed by atoms with van der Waals surface area (Å²) in [7, 11) is 1.76. The van der Waals surface area contributed by atoms with Gasteiger partial charge < -0.3 is 9.80 Å². The van der Waals surface area contributed by atoms with Crippen LogP contribution in [-0.4, -0.2) is 41.6 Å². The van der Waals surface area contributed by atoms with Gasteiger partial charge in [-0.3, -0.25) is 24.5 Å². The van der Waals surface area contributed by atoms with Crippen molar-refractivity contribution in [2.45, 2.75) is 38.3 Å². The van der Waals surface area contributed by atoms with Gasteiger partial charge in [0.2, 0.25) is 17.7 Å². The maximum atomic E-state index is 12.7. The number of anilines is 1. The Hall–Kier alpha value is -3.48. The normalized spacial score (nSPS) is 18.2. The van der Waals surface area contributed by atoms with Crippen LogP contribution < -0.4 is 10.2 Å². The average Bonchev–Trinajstić information content (AvgIpc) is 3.07. The minimum atomic E-state index is -0.618. The molecule has 2 aliphatic heterocycles. The van der Waals surface area contributed by atoms with Crippen molar-refractivity contribution >= 4 is 29.3 Å².